The zero-order valence-electron chi connectivity index (χ0n) is 5.68. The molecule has 0 aliphatic heterocycles. The maximum absolute atomic E-state index is 9.78. The summed E-state index contributed by atoms with van der Waals surface area (Å²) < 4.78 is 13.2. The van der Waals surface area contributed by atoms with Crippen LogP contribution in [0.5, 0.6) is 0 Å². The number of phosphoric ester groups is 1. The van der Waals surface area contributed by atoms with Crippen molar-refractivity contribution >= 4 is 13.8 Å². The molecule has 0 rings (SSSR count). The second-order valence-electron chi connectivity index (χ2n) is 1.29. The summed E-state index contributed by atoms with van der Waals surface area (Å²) in [6, 6.07) is 0. The van der Waals surface area contributed by atoms with E-state index in [1.54, 1.807) is 0 Å². The zero-order chi connectivity index (χ0) is 8.36. The first-order valence-electron chi connectivity index (χ1n) is 1.98. The first-order chi connectivity index (χ1) is 4.33. The molecule has 0 aliphatic carbocycles. The van der Waals surface area contributed by atoms with Crippen molar-refractivity contribution in [3.63, 3.8) is 0 Å². The van der Waals surface area contributed by atoms with Crippen molar-refractivity contribution in [2.45, 2.75) is 0 Å². The molecular formula is C3H4KO6P. The standard InChI is InChI=1S/C3H5O6P.K/c1-2(3(4)5)9-10(6,7)8;/h1H2,(H,4,5)(H2,6,7,8);/q;+1/p-1/i3+1;. The minimum absolute atomic E-state index is 0. The van der Waals surface area contributed by atoms with Crippen LogP contribution in [0.2, 0.25) is 0 Å². The molecule has 2 N–H and O–H groups in total. The van der Waals surface area contributed by atoms with Gasteiger partial charge in [-0.3, -0.25) is 4.57 Å². The predicted molar refractivity (Wildman–Crippen MR) is 27.7 cm³/mol. The van der Waals surface area contributed by atoms with Gasteiger partial charge in [0.2, 0.25) is 5.76 Å². The van der Waals surface area contributed by atoms with Crippen LogP contribution in [0.4, 0.5) is 0 Å². The van der Waals surface area contributed by atoms with Crippen LogP contribution in [-0.4, -0.2) is 16.0 Å². The van der Waals surface area contributed by atoms with E-state index in [2.05, 4.69) is 11.1 Å². The first-order valence-corrected chi connectivity index (χ1v) is 3.48. The van der Waals surface area contributed by atoms with Crippen LogP contribution in [0.3, 0.4) is 0 Å². The van der Waals surface area contributed by atoms with E-state index in [9.17, 15) is 14.3 Å². The minimum atomic E-state index is -5.01. The fourth-order valence-electron chi connectivity index (χ4n) is 0.178. The molecule has 0 bridgehead atoms. The Hall–Kier alpha value is 0.796. The molecule has 1 atom stereocenters. The largest absolute Gasteiger partial charge is 1.00 e. The van der Waals surface area contributed by atoms with Gasteiger partial charge in [0.25, 0.3) is 0 Å². The van der Waals surface area contributed by atoms with Crippen molar-refractivity contribution in [3.8, 4) is 0 Å². The molecule has 0 aliphatic rings. The maximum atomic E-state index is 9.78. The van der Waals surface area contributed by atoms with E-state index in [1.165, 1.54) is 0 Å². The third-order valence-electron chi connectivity index (χ3n) is 0.464. The summed E-state index contributed by atoms with van der Waals surface area (Å²) in [6.07, 6.45) is 0. The van der Waals surface area contributed by atoms with Crippen LogP contribution in [0, 0.1) is 0 Å². The Morgan fingerprint density at radius 2 is 2.00 bits per heavy atom. The summed E-state index contributed by atoms with van der Waals surface area (Å²) in [7, 11) is -5.01. The number of phosphoric acid groups is 1. The fraction of sp³-hybridized carbons (Fsp3) is 0. The molecular weight excluding hydrogens is 203 g/mol. The third kappa shape index (κ3) is 8.70. The number of aliphatic carboxylic acids is 1. The van der Waals surface area contributed by atoms with Gasteiger partial charge in [0.05, 0.1) is 0 Å². The van der Waals surface area contributed by atoms with Gasteiger partial charge in [0, 0.05) is 0 Å². The summed E-state index contributed by atoms with van der Waals surface area (Å²) in [5.74, 6) is -2.69. The number of hydrogen-bond donors (Lipinski definition) is 2. The third-order valence-corrected chi connectivity index (χ3v) is 0.915. The zero-order valence-corrected chi connectivity index (χ0v) is 9.70. The van der Waals surface area contributed by atoms with Gasteiger partial charge in [0.15, 0.2) is 0 Å². The molecule has 0 saturated carbocycles. The molecule has 0 spiro atoms. The van der Waals surface area contributed by atoms with Crippen LogP contribution >= 0.6 is 7.82 Å². The van der Waals surface area contributed by atoms with Gasteiger partial charge in [-0.1, -0.05) is 0 Å². The fourth-order valence-corrected chi connectivity index (χ4v) is 0.535. The van der Waals surface area contributed by atoms with Crippen LogP contribution < -0.4 is 56.3 Å². The van der Waals surface area contributed by atoms with Crippen LogP contribution in [0.1, 0.15) is 0 Å². The van der Waals surface area contributed by atoms with E-state index >= 15 is 0 Å². The first kappa shape index (κ1) is 14.3. The topological polar surface area (TPSA) is 107 Å². The van der Waals surface area contributed by atoms with E-state index in [-0.39, 0.29) is 51.4 Å². The molecule has 58 valence electrons. The van der Waals surface area contributed by atoms with Gasteiger partial charge < -0.3 is 19.4 Å². The van der Waals surface area contributed by atoms with Crippen molar-refractivity contribution in [1.29, 1.82) is 0 Å². The molecule has 0 radical (unpaired) electrons. The SMILES string of the molecule is C=C(OP(=O)([O-])O)[13C](=O)O.[K+]. The van der Waals surface area contributed by atoms with Crippen molar-refractivity contribution in [1.82, 2.24) is 0 Å². The molecule has 0 heterocycles. The molecule has 0 aromatic rings. The Morgan fingerprint density at radius 3 is 2.09 bits per heavy atom. The van der Waals surface area contributed by atoms with Gasteiger partial charge in [-0.25, -0.2) is 4.79 Å². The van der Waals surface area contributed by atoms with Gasteiger partial charge >= 0.3 is 65.2 Å². The number of rotatable bonds is 3. The molecule has 0 aromatic heterocycles. The van der Waals surface area contributed by atoms with Crippen molar-refractivity contribution in [2.75, 3.05) is 0 Å². The minimum Gasteiger partial charge on any atom is -0.746 e. The number of carbonyl (C=O) groups is 1. The van der Waals surface area contributed by atoms with Gasteiger partial charge in [0.1, 0.15) is 0 Å². The molecule has 0 saturated heterocycles. The predicted octanol–water partition coefficient (Wildman–Crippen LogP) is -3.93. The number of carboxylic acids is 1. The van der Waals surface area contributed by atoms with Crippen LogP contribution in [-0.2, 0) is 13.9 Å². The Balaban J connectivity index is 0. The smallest absolute Gasteiger partial charge is 0.746 e. The molecule has 0 aromatic carbocycles. The summed E-state index contributed by atoms with van der Waals surface area (Å²) in [5.41, 5.74) is 0. The molecule has 6 nitrogen and oxygen atoms in total. The average Bonchev–Trinajstić information content (AvgIpc) is 1.60. The van der Waals surface area contributed by atoms with E-state index in [1.807, 2.05) is 0 Å². The summed E-state index contributed by atoms with van der Waals surface area (Å²) in [5, 5.41) is 7.95. The summed E-state index contributed by atoms with van der Waals surface area (Å²) in [6.45, 7) is 2.69. The second-order valence-corrected chi connectivity index (χ2v) is 2.41. The van der Waals surface area contributed by atoms with Crippen LogP contribution in [0.25, 0.3) is 0 Å². The number of carboxylic acid groups (broad SMARTS) is 1. The van der Waals surface area contributed by atoms with Gasteiger partial charge in [-0.05, 0) is 6.58 Å². The second kappa shape index (κ2) is 5.44. The Kier molecular flexibility index (Phi) is 7.09. The molecule has 0 amide bonds. The Bertz CT molecular complexity index is 206. The molecule has 1 unspecified atom stereocenters. The Morgan fingerprint density at radius 1 is 1.64 bits per heavy atom. The van der Waals surface area contributed by atoms with Crippen molar-refractivity contribution in [3.05, 3.63) is 12.3 Å². The molecule has 0 fully saturated rings. The van der Waals surface area contributed by atoms with E-state index in [0.717, 1.165) is 0 Å². The molecule has 8 heteroatoms. The quantitative estimate of drug-likeness (QED) is 0.161. The summed E-state index contributed by atoms with van der Waals surface area (Å²) >= 11 is 0. The van der Waals surface area contributed by atoms with Crippen molar-refractivity contribution < 1.29 is 80.2 Å². The molecule has 11 heavy (non-hydrogen) atoms. The van der Waals surface area contributed by atoms with Crippen LogP contribution in [0.15, 0.2) is 12.3 Å². The van der Waals surface area contributed by atoms with Gasteiger partial charge in [-0.2, -0.15) is 0 Å². The number of hydrogen-bond acceptors (Lipinski definition) is 4. The summed E-state index contributed by atoms with van der Waals surface area (Å²) in [4.78, 5) is 27.5. The maximum Gasteiger partial charge on any atom is 1.00 e. The van der Waals surface area contributed by atoms with E-state index in [0.29, 0.717) is 0 Å². The average molecular weight is 207 g/mol. The van der Waals surface area contributed by atoms with Crippen molar-refractivity contribution in [2.24, 2.45) is 0 Å². The van der Waals surface area contributed by atoms with E-state index < -0.39 is 19.6 Å². The van der Waals surface area contributed by atoms with Gasteiger partial charge in [-0.15, -0.1) is 0 Å². The van der Waals surface area contributed by atoms with E-state index in [4.69, 9.17) is 10.00 Å². The monoisotopic (exact) mass is 207 g/mol. The Labute approximate surface area is 105 Å². The normalized spacial score (nSPS) is 14.0.